The van der Waals surface area contributed by atoms with Crippen LogP contribution in [-0.4, -0.2) is 22.7 Å². The molecule has 2 bridgehead atoms. The fourth-order valence-corrected chi connectivity index (χ4v) is 6.12. The molecule has 0 aliphatic heterocycles. The van der Waals surface area contributed by atoms with Crippen LogP contribution in [0.2, 0.25) is 0 Å². The summed E-state index contributed by atoms with van der Waals surface area (Å²) >= 11 is 0. The predicted molar refractivity (Wildman–Crippen MR) is 116 cm³/mol. The minimum atomic E-state index is -0.156. The molecule has 2 fully saturated rings. The van der Waals surface area contributed by atoms with Crippen LogP contribution >= 0.6 is 0 Å². The average Bonchev–Trinajstić information content (AvgIpc) is 3.01. The first-order chi connectivity index (χ1) is 13.4. The summed E-state index contributed by atoms with van der Waals surface area (Å²) in [4.78, 5) is 2.55. The summed E-state index contributed by atoms with van der Waals surface area (Å²) in [5.74, 6) is 1.09. The van der Waals surface area contributed by atoms with Crippen LogP contribution in [0, 0.1) is 22.7 Å². The number of nitrogens with zero attached hydrogens (tertiary/aromatic N) is 1. The molecular weight excluding hydrogens is 342 g/mol. The van der Waals surface area contributed by atoms with Gasteiger partial charge in [-0.15, -0.1) is 0 Å². The van der Waals surface area contributed by atoms with Crippen LogP contribution in [0.5, 0.6) is 0 Å². The number of hydrogen-bond donors (Lipinski definition) is 1. The molecule has 2 aromatic rings. The first-order valence-corrected chi connectivity index (χ1v) is 10.9. The maximum atomic E-state index is 11.1. The smallest absolute Gasteiger partial charge is 0.0630 e. The minimum absolute atomic E-state index is 0.0893. The van der Waals surface area contributed by atoms with Crippen molar-refractivity contribution < 1.29 is 5.11 Å². The summed E-state index contributed by atoms with van der Waals surface area (Å²) < 4.78 is 0. The lowest BCUT2D eigenvalue weighted by molar-refractivity contribution is -0.0144. The lowest BCUT2D eigenvalue weighted by Crippen LogP contribution is -2.38. The Hall–Kier alpha value is -1.64. The van der Waals surface area contributed by atoms with Gasteiger partial charge in [0.2, 0.25) is 0 Å². The second-order valence-electron chi connectivity index (χ2n) is 9.86. The van der Waals surface area contributed by atoms with E-state index in [9.17, 15) is 5.11 Å². The molecule has 2 saturated carbocycles. The molecule has 0 amide bonds. The standard InChI is InChI=1S/C26H35NO/c1-25(2)23-14-16-26(25,3)24(28)22(23)15-17-27(18-20-10-6-4-7-11-20)19-21-12-8-5-9-13-21/h4-13,22-24,28H,14-19H2,1-3H3/t22-,23-,24-,26+/m1/s1. The van der Waals surface area contributed by atoms with Gasteiger partial charge >= 0.3 is 0 Å². The van der Waals surface area contributed by atoms with Gasteiger partial charge < -0.3 is 5.11 Å². The van der Waals surface area contributed by atoms with Crippen LogP contribution in [0.4, 0.5) is 0 Å². The lowest BCUT2D eigenvalue weighted by atomic mass is 9.70. The van der Waals surface area contributed by atoms with Gasteiger partial charge in [0, 0.05) is 13.1 Å². The highest BCUT2D eigenvalue weighted by molar-refractivity contribution is 5.18. The lowest BCUT2D eigenvalue weighted by Gasteiger charge is -2.37. The van der Waals surface area contributed by atoms with Gasteiger partial charge in [0.1, 0.15) is 0 Å². The van der Waals surface area contributed by atoms with E-state index in [4.69, 9.17) is 0 Å². The molecule has 2 nitrogen and oxygen atoms in total. The molecule has 0 spiro atoms. The Morgan fingerprint density at radius 2 is 1.43 bits per heavy atom. The van der Waals surface area contributed by atoms with Crippen LogP contribution in [-0.2, 0) is 13.1 Å². The van der Waals surface area contributed by atoms with Crippen LogP contribution in [0.3, 0.4) is 0 Å². The van der Waals surface area contributed by atoms with Gasteiger partial charge in [0.15, 0.2) is 0 Å². The van der Waals surface area contributed by atoms with Crippen LogP contribution in [0.1, 0.15) is 51.2 Å². The molecule has 150 valence electrons. The van der Waals surface area contributed by atoms with Crippen LogP contribution in [0.15, 0.2) is 60.7 Å². The molecular formula is C26H35NO. The first-order valence-electron chi connectivity index (χ1n) is 10.9. The molecule has 0 saturated heterocycles. The average molecular weight is 378 g/mol. The summed E-state index contributed by atoms with van der Waals surface area (Å²) in [7, 11) is 0. The van der Waals surface area contributed by atoms with E-state index in [1.807, 2.05) is 0 Å². The van der Waals surface area contributed by atoms with Gasteiger partial charge in [0.05, 0.1) is 6.10 Å². The third kappa shape index (κ3) is 3.42. The molecule has 0 heterocycles. The van der Waals surface area contributed by atoms with E-state index in [1.165, 1.54) is 24.0 Å². The Bertz CT molecular complexity index is 730. The quantitative estimate of drug-likeness (QED) is 0.687. The number of aliphatic hydroxyl groups excluding tert-OH is 1. The second-order valence-corrected chi connectivity index (χ2v) is 9.86. The maximum Gasteiger partial charge on any atom is 0.0630 e. The first kappa shape index (κ1) is 19.7. The fraction of sp³-hybridized carbons (Fsp3) is 0.538. The Labute approximate surface area is 170 Å². The summed E-state index contributed by atoms with van der Waals surface area (Å²) in [6, 6.07) is 21.5. The van der Waals surface area contributed by atoms with E-state index < -0.39 is 0 Å². The third-order valence-corrected chi connectivity index (χ3v) is 8.23. The monoisotopic (exact) mass is 377 g/mol. The largest absolute Gasteiger partial charge is 0.392 e. The van der Waals surface area contributed by atoms with Crippen molar-refractivity contribution in [2.24, 2.45) is 22.7 Å². The summed E-state index contributed by atoms with van der Waals surface area (Å²) in [6.45, 7) is 10.1. The SMILES string of the molecule is CC1(C)[C@@H]2CC[C@@]1(C)[C@H](O)[C@@H]2CCN(Cc1ccccc1)Cc1ccccc1. The second kappa shape index (κ2) is 7.65. The summed E-state index contributed by atoms with van der Waals surface area (Å²) in [5.41, 5.74) is 3.06. The number of aliphatic hydroxyl groups is 1. The molecule has 0 unspecified atom stereocenters. The fourth-order valence-electron chi connectivity index (χ4n) is 6.12. The zero-order chi connectivity index (χ0) is 19.8. The molecule has 2 aliphatic carbocycles. The Kier molecular flexibility index (Phi) is 5.37. The number of fused-ring (bicyclic) bond motifs is 2. The molecule has 28 heavy (non-hydrogen) atoms. The normalized spacial score (nSPS) is 30.8. The molecule has 4 rings (SSSR count). The van der Waals surface area contributed by atoms with Crippen LogP contribution in [0.25, 0.3) is 0 Å². The maximum absolute atomic E-state index is 11.1. The van der Waals surface area contributed by atoms with E-state index in [2.05, 4.69) is 86.3 Å². The molecule has 4 atom stereocenters. The molecule has 2 aliphatic rings. The molecule has 2 aromatic carbocycles. The minimum Gasteiger partial charge on any atom is -0.392 e. The number of benzene rings is 2. The van der Waals surface area contributed by atoms with Crippen molar-refractivity contribution in [3.05, 3.63) is 71.8 Å². The van der Waals surface area contributed by atoms with Gasteiger partial charge in [-0.3, -0.25) is 4.90 Å². The molecule has 0 aromatic heterocycles. The van der Waals surface area contributed by atoms with Crippen LogP contribution < -0.4 is 0 Å². The Balaban J connectivity index is 1.47. The molecule has 0 radical (unpaired) electrons. The van der Waals surface area contributed by atoms with Crippen molar-refractivity contribution in [1.82, 2.24) is 4.90 Å². The van der Waals surface area contributed by atoms with Gasteiger partial charge in [0.25, 0.3) is 0 Å². The van der Waals surface area contributed by atoms with Crippen molar-refractivity contribution >= 4 is 0 Å². The number of hydrogen-bond acceptors (Lipinski definition) is 2. The van der Waals surface area contributed by atoms with Crippen molar-refractivity contribution in [3.63, 3.8) is 0 Å². The highest BCUT2D eigenvalue weighted by Crippen LogP contribution is 2.68. The number of rotatable bonds is 7. The van der Waals surface area contributed by atoms with Gasteiger partial charge in [-0.25, -0.2) is 0 Å². The van der Waals surface area contributed by atoms with Gasteiger partial charge in [-0.2, -0.15) is 0 Å². The van der Waals surface area contributed by atoms with Gasteiger partial charge in [-0.1, -0.05) is 81.4 Å². The zero-order valence-electron chi connectivity index (χ0n) is 17.6. The Morgan fingerprint density at radius 1 is 0.893 bits per heavy atom. The summed E-state index contributed by atoms with van der Waals surface area (Å²) in [6.07, 6.45) is 3.39. The topological polar surface area (TPSA) is 23.5 Å². The van der Waals surface area contributed by atoms with Crippen molar-refractivity contribution in [2.75, 3.05) is 6.54 Å². The Morgan fingerprint density at radius 3 is 1.89 bits per heavy atom. The highest BCUT2D eigenvalue weighted by Gasteiger charge is 2.65. The summed E-state index contributed by atoms with van der Waals surface area (Å²) in [5, 5.41) is 11.1. The van der Waals surface area contributed by atoms with E-state index >= 15 is 0 Å². The highest BCUT2D eigenvalue weighted by atomic mass is 16.3. The van der Waals surface area contributed by atoms with Crippen molar-refractivity contribution in [2.45, 2.75) is 59.2 Å². The van der Waals surface area contributed by atoms with Crippen molar-refractivity contribution in [3.8, 4) is 0 Å². The molecule has 1 N–H and O–H groups in total. The van der Waals surface area contributed by atoms with E-state index in [1.54, 1.807) is 0 Å². The van der Waals surface area contributed by atoms with Gasteiger partial charge in [-0.05, 0) is 59.6 Å². The van der Waals surface area contributed by atoms with Crippen molar-refractivity contribution in [1.29, 1.82) is 0 Å². The van der Waals surface area contributed by atoms with E-state index in [0.29, 0.717) is 11.8 Å². The van der Waals surface area contributed by atoms with E-state index in [0.717, 1.165) is 26.1 Å². The third-order valence-electron chi connectivity index (χ3n) is 8.23. The molecule has 2 heteroatoms. The zero-order valence-corrected chi connectivity index (χ0v) is 17.6. The predicted octanol–water partition coefficient (Wildman–Crippen LogP) is 5.51. The van der Waals surface area contributed by atoms with E-state index in [-0.39, 0.29) is 16.9 Å².